The number of pyridine rings is 1. The van der Waals surface area contributed by atoms with Gasteiger partial charge in [0.1, 0.15) is 5.01 Å². The van der Waals surface area contributed by atoms with Crippen molar-refractivity contribution in [1.82, 2.24) is 9.97 Å². The van der Waals surface area contributed by atoms with Gasteiger partial charge in [-0.05, 0) is 30.7 Å². The van der Waals surface area contributed by atoms with Crippen molar-refractivity contribution in [1.29, 1.82) is 0 Å². The average molecular weight is 410 g/mol. The number of hydrogen-bond acceptors (Lipinski definition) is 5. The van der Waals surface area contributed by atoms with E-state index in [-0.39, 0.29) is 11.9 Å². The number of aryl methyl sites for hydroxylation is 1. The van der Waals surface area contributed by atoms with Gasteiger partial charge in [0.05, 0.1) is 17.6 Å². The molecule has 0 aliphatic rings. The maximum absolute atomic E-state index is 12.5. The standard InChI is InChI=1S/C19H18F3N3S2/c1-3-4-15-11-14(9-10-23-15)18-24-17(12-26-18)13-5-7-16(8-6-13)25(2)27-19(20,21)22/h5-12H,3-4H2,1-2H3. The summed E-state index contributed by atoms with van der Waals surface area (Å²) in [4.78, 5) is 9.04. The maximum atomic E-state index is 12.5. The van der Waals surface area contributed by atoms with E-state index in [0.29, 0.717) is 5.69 Å². The molecule has 142 valence electrons. The Hall–Kier alpha value is -2.06. The van der Waals surface area contributed by atoms with E-state index in [1.807, 2.05) is 11.4 Å². The third-order valence-corrected chi connectivity index (χ3v) is 5.42. The van der Waals surface area contributed by atoms with Crippen molar-refractivity contribution < 1.29 is 13.2 Å². The first-order chi connectivity index (χ1) is 12.9. The van der Waals surface area contributed by atoms with Crippen LogP contribution in [-0.4, -0.2) is 22.5 Å². The van der Waals surface area contributed by atoms with Crippen LogP contribution >= 0.6 is 23.3 Å². The first-order valence-electron chi connectivity index (χ1n) is 8.36. The minimum atomic E-state index is -4.31. The molecule has 2 aromatic heterocycles. The highest BCUT2D eigenvalue weighted by Crippen LogP contribution is 2.36. The van der Waals surface area contributed by atoms with Crippen molar-refractivity contribution in [2.24, 2.45) is 0 Å². The van der Waals surface area contributed by atoms with Gasteiger partial charge in [-0.1, -0.05) is 25.5 Å². The molecule has 0 aliphatic carbocycles. The fraction of sp³-hybridized carbons (Fsp3) is 0.263. The molecule has 0 saturated carbocycles. The number of rotatable bonds is 6. The highest BCUT2D eigenvalue weighted by atomic mass is 32.2. The number of halogens is 3. The molecule has 2 heterocycles. The first kappa shape index (κ1) is 19.7. The van der Waals surface area contributed by atoms with E-state index >= 15 is 0 Å². The summed E-state index contributed by atoms with van der Waals surface area (Å²) < 4.78 is 38.6. The quantitative estimate of drug-likeness (QED) is 0.439. The van der Waals surface area contributed by atoms with Crippen molar-refractivity contribution in [2.75, 3.05) is 11.4 Å². The Kier molecular flexibility index (Phi) is 6.06. The lowest BCUT2D eigenvalue weighted by atomic mass is 10.1. The summed E-state index contributed by atoms with van der Waals surface area (Å²) >= 11 is 1.37. The van der Waals surface area contributed by atoms with Crippen LogP contribution in [0.5, 0.6) is 0 Å². The van der Waals surface area contributed by atoms with Gasteiger partial charge in [-0.3, -0.25) is 4.98 Å². The Balaban J connectivity index is 1.77. The van der Waals surface area contributed by atoms with E-state index in [1.54, 1.807) is 41.8 Å². The molecule has 3 aromatic rings. The van der Waals surface area contributed by atoms with Crippen LogP contribution in [-0.2, 0) is 6.42 Å². The molecule has 0 saturated heterocycles. The lowest BCUT2D eigenvalue weighted by molar-refractivity contribution is -0.0328. The summed E-state index contributed by atoms with van der Waals surface area (Å²) in [5.41, 5.74) is -0.0758. The van der Waals surface area contributed by atoms with Gasteiger partial charge < -0.3 is 4.31 Å². The Bertz CT molecular complexity index is 892. The molecular weight excluding hydrogens is 391 g/mol. The smallest absolute Gasteiger partial charge is 0.312 e. The van der Waals surface area contributed by atoms with Crippen LogP contribution in [0.2, 0.25) is 0 Å². The van der Waals surface area contributed by atoms with Crippen molar-refractivity contribution >= 4 is 29.0 Å². The third-order valence-electron chi connectivity index (χ3n) is 3.84. The van der Waals surface area contributed by atoms with Crippen LogP contribution in [0.25, 0.3) is 21.8 Å². The van der Waals surface area contributed by atoms with Gasteiger partial charge >= 0.3 is 5.51 Å². The summed E-state index contributed by atoms with van der Waals surface area (Å²) in [5, 5.41) is 2.86. The zero-order chi connectivity index (χ0) is 19.4. The number of aromatic nitrogens is 2. The van der Waals surface area contributed by atoms with Crippen LogP contribution < -0.4 is 4.31 Å². The highest BCUT2D eigenvalue weighted by molar-refractivity contribution is 8.01. The van der Waals surface area contributed by atoms with Crippen LogP contribution in [0.1, 0.15) is 19.0 Å². The molecule has 8 heteroatoms. The minimum absolute atomic E-state index is 0.168. The summed E-state index contributed by atoms with van der Waals surface area (Å²) in [6.07, 6.45) is 3.76. The summed E-state index contributed by atoms with van der Waals surface area (Å²) in [6.45, 7) is 2.12. The van der Waals surface area contributed by atoms with Crippen molar-refractivity contribution in [3.8, 4) is 21.8 Å². The molecule has 3 rings (SSSR count). The van der Waals surface area contributed by atoms with Crippen LogP contribution in [0.15, 0.2) is 48.0 Å². The average Bonchev–Trinajstić information content (AvgIpc) is 3.11. The summed E-state index contributed by atoms with van der Waals surface area (Å²) in [7, 11) is 1.39. The van der Waals surface area contributed by atoms with Gasteiger partial charge in [0, 0.05) is 41.1 Å². The van der Waals surface area contributed by atoms with E-state index in [2.05, 4.69) is 23.0 Å². The summed E-state index contributed by atoms with van der Waals surface area (Å²) in [6, 6.07) is 10.9. The Morgan fingerprint density at radius 2 is 1.85 bits per heavy atom. The Morgan fingerprint density at radius 3 is 2.52 bits per heavy atom. The van der Waals surface area contributed by atoms with Gasteiger partial charge in [0.15, 0.2) is 0 Å². The number of alkyl halides is 3. The molecule has 0 radical (unpaired) electrons. The largest absolute Gasteiger partial charge is 0.461 e. The SMILES string of the molecule is CCCc1cc(-c2nc(-c3ccc(N(C)SC(F)(F)F)cc3)cs2)ccn1. The Labute approximate surface area is 164 Å². The highest BCUT2D eigenvalue weighted by Gasteiger charge is 2.31. The molecule has 0 unspecified atom stereocenters. The van der Waals surface area contributed by atoms with E-state index in [0.717, 1.165) is 44.7 Å². The predicted molar refractivity (Wildman–Crippen MR) is 107 cm³/mol. The molecule has 1 aromatic carbocycles. The molecule has 0 aliphatic heterocycles. The van der Waals surface area contributed by atoms with Crippen LogP contribution in [0.3, 0.4) is 0 Å². The molecule has 0 spiro atoms. The number of benzene rings is 1. The van der Waals surface area contributed by atoms with E-state index < -0.39 is 5.51 Å². The zero-order valence-electron chi connectivity index (χ0n) is 14.8. The van der Waals surface area contributed by atoms with E-state index in [4.69, 9.17) is 0 Å². The van der Waals surface area contributed by atoms with Crippen molar-refractivity contribution in [3.05, 3.63) is 53.7 Å². The van der Waals surface area contributed by atoms with Gasteiger partial charge in [-0.25, -0.2) is 4.98 Å². The zero-order valence-corrected chi connectivity index (χ0v) is 16.5. The molecule has 0 N–H and O–H groups in total. The Morgan fingerprint density at radius 1 is 1.11 bits per heavy atom. The molecule has 0 fully saturated rings. The van der Waals surface area contributed by atoms with Crippen LogP contribution in [0.4, 0.5) is 18.9 Å². The topological polar surface area (TPSA) is 29.0 Å². The number of thiazole rings is 1. The summed E-state index contributed by atoms with van der Waals surface area (Å²) in [5.74, 6) is 0. The van der Waals surface area contributed by atoms with Crippen molar-refractivity contribution in [3.63, 3.8) is 0 Å². The van der Waals surface area contributed by atoms with Crippen LogP contribution in [0, 0.1) is 0 Å². The predicted octanol–water partition coefficient (Wildman–Crippen LogP) is 6.43. The van der Waals surface area contributed by atoms with Crippen molar-refractivity contribution in [2.45, 2.75) is 25.3 Å². The second-order valence-electron chi connectivity index (χ2n) is 5.91. The van der Waals surface area contributed by atoms with E-state index in [1.165, 1.54) is 7.05 Å². The normalized spacial score (nSPS) is 11.6. The molecule has 27 heavy (non-hydrogen) atoms. The fourth-order valence-electron chi connectivity index (χ4n) is 2.59. The van der Waals surface area contributed by atoms with Gasteiger partial charge in [0.25, 0.3) is 0 Å². The minimum Gasteiger partial charge on any atom is -0.312 e. The second kappa shape index (κ2) is 8.31. The molecule has 0 atom stereocenters. The third kappa shape index (κ3) is 5.23. The fourth-order valence-corrected chi connectivity index (χ4v) is 3.96. The second-order valence-corrected chi connectivity index (χ2v) is 7.96. The number of anilines is 1. The van der Waals surface area contributed by atoms with Gasteiger partial charge in [-0.15, -0.1) is 11.3 Å². The maximum Gasteiger partial charge on any atom is 0.461 e. The lowest BCUT2D eigenvalue weighted by Gasteiger charge is -2.19. The molecule has 3 nitrogen and oxygen atoms in total. The molecule has 0 bridgehead atoms. The molecular formula is C19H18F3N3S2. The van der Waals surface area contributed by atoms with Gasteiger partial charge in [-0.2, -0.15) is 13.2 Å². The first-order valence-corrected chi connectivity index (χ1v) is 10.0. The molecule has 0 amide bonds. The van der Waals surface area contributed by atoms with Gasteiger partial charge in [0.2, 0.25) is 0 Å². The number of hydrogen-bond donors (Lipinski definition) is 0. The number of nitrogens with zero attached hydrogens (tertiary/aromatic N) is 3. The van der Waals surface area contributed by atoms with E-state index in [9.17, 15) is 13.2 Å². The lowest BCUT2D eigenvalue weighted by Crippen LogP contribution is -2.15. The monoisotopic (exact) mass is 409 g/mol.